The number of ether oxygens (including phenoxy) is 5. The van der Waals surface area contributed by atoms with Crippen molar-refractivity contribution in [2.24, 2.45) is 47.3 Å². The number of rotatable bonds is 56. The lowest BCUT2D eigenvalue weighted by Crippen LogP contribution is -2.51. The molecule has 0 heterocycles. The van der Waals surface area contributed by atoms with Crippen LogP contribution in [0.3, 0.4) is 0 Å². The van der Waals surface area contributed by atoms with E-state index in [0.29, 0.717) is 96.7 Å². The lowest BCUT2D eigenvalue weighted by atomic mass is 9.74. The minimum Gasteiger partial charge on any atom is -0.462 e. The Morgan fingerprint density at radius 1 is 0.263 bits per heavy atom. The summed E-state index contributed by atoms with van der Waals surface area (Å²) >= 11 is 0. The van der Waals surface area contributed by atoms with Gasteiger partial charge in [-0.05, 0) is 190 Å². The van der Waals surface area contributed by atoms with Crippen molar-refractivity contribution in [2.75, 3.05) is 46.2 Å². The first-order valence-corrected chi connectivity index (χ1v) is 53.8. The molecule has 7 rings (SSSR count). The molecule has 0 amide bonds. The molecule has 29 nitrogen and oxygen atoms in total. The summed E-state index contributed by atoms with van der Waals surface area (Å²) in [4.78, 5) is 24.7. The monoisotopic (exact) mass is 1920 g/mol. The van der Waals surface area contributed by atoms with Gasteiger partial charge in [0.1, 0.15) is 55.4 Å². The van der Waals surface area contributed by atoms with Gasteiger partial charge >= 0.3 is 11.9 Å². The second kappa shape index (κ2) is 80.4. The molecule has 0 radical (unpaired) electrons. The zero-order valence-corrected chi connectivity index (χ0v) is 84.4. The van der Waals surface area contributed by atoms with Crippen LogP contribution in [0.1, 0.15) is 415 Å². The molecule has 0 bridgehead atoms. The van der Waals surface area contributed by atoms with E-state index in [2.05, 4.69) is 62.3 Å². The summed E-state index contributed by atoms with van der Waals surface area (Å²) < 4.78 is 28.6. The first-order chi connectivity index (χ1) is 63.8. The number of hydrogen-bond donors (Lipinski definition) is 22. The maximum atomic E-state index is 12.5. The number of carbonyl (C=O) groups excluding carboxylic acids is 2. The van der Waals surface area contributed by atoms with Crippen molar-refractivity contribution in [3.63, 3.8) is 0 Å². The standard InChI is InChI=1S/C29H54O7.C21H42O5.C13H26O4.C12H24O3.C11H22O4.2C9H18O3/c1-3-5-7-9-11-13-15-17-26(31)35-22-24(21-23-19-20-25(30)29(34)28(23)33)36-27(32)18-16-14-12-10-8-6-4-2;1-3-5-7-9-13-25-16-18(26-14-10-8-6-4-2)15-17-11-12-19(22)21(24)20(17)23;1-2-3-4-5-6-9-7-10(8-14)12(16)13(17)11(9)15;1-2-3-4-5-9-15-11-8-6-7-10(13)12(11)14;1-2-3-4-7-5-8(6-12)10(14)11(15)9(7)13;2*1-2-3-6-4-5-7(10)9(12)8(6)11/h23-25,28-30,33-34H,3-22H2,1-2H3;17-24H,3-16H2,1-2H3;9-17H,2-8H2,1H3;10-14H,2-9H2,1H3;7-15H,2-6H2,1H3;2*6-12H,2-5H2,1H3/t23-,24?,25-,28+,29+;17-,18?,19-,20+,21+;9-,10-,11-,12+,13+;10-,11+,12+;7-,8-,9-,10+,11+;6-,7+,8+,9+;6-,7-,8-,9-/m1101010/s1. The van der Waals surface area contributed by atoms with E-state index in [9.17, 15) is 112 Å². The van der Waals surface area contributed by atoms with Gasteiger partial charge in [0.15, 0.2) is 0 Å². The van der Waals surface area contributed by atoms with Gasteiger partial charge in [0, 0.05) is 57.7 Å². The molecule has 31 atom stereocenters. The lowest BCUT2D eigenvalue weighted by molar-refractivity contribution is -0.163. The second-order valence-corrected chi connectivity index (χ2v) is 40.1. The highest BCUT2D eigenvalue weighted by molar-refractivity contribution is 5.70. The van der Waals surface area contributed by atoms with Crippen LogP contribution >= 0.6 is 0 Å². The quantitative estimate of drug-likeness (QED) is 0.0199. The Kier molecular flexibility index (Phi) is 77.9. The Balaban J connectivity index is 0.000000807. The highest BCUT2D eigenvalue weighted by Crippen LogP contribution is 2.38. The Labute approximate surface area is 803 Å². The number of esters is 2. The van der Waals surface area contributed by atoms with Crippen molar-refractivity contribution in [3.8, 4) is 0 Å². The summed E-state index contributed by atoms with van der Waals surface area (Å²) in [6.07, 6.45) is 33.5. The molecule has 7 saturated carbocycles. The van der Waals surface area contributed by atoms with E-state index >= 15 is 0 Å². The van der Waals surface area contributed by atoms with Crippen molar-refractivity contribution >= 4 is 11.9 Å². The molecule has 0 saturated heterocycles. The van der Waals surface area contributed by atoms with Crippen LogP contribution in [0.5, 0.6) is 0 Å². The largest absolute Gasteiger partial charge is 0.462 e. The number of unbranched alkanes of at least 4 members (excludes halogenated alkanes) is 25. The van der Waals surface area contributed by atoms with Crippen LogP contribution in [-0.2, 0) is 33.3 Å². The Bertz CT molecular complexity index is 2610. The van der Waals surface area contributed by atoms with E-state index < -0.39 is 128 Å². The van der Waals surface area contributed by atoms with Crippen LogP contribution in [0.4, 0.5) is 0 Å². The SMILES string of the molecule is CCCCCCCCCC(=O)OCC(C[C@H]1CC[C@@H](O)[C@H](O)[C@H]1O)OC(=O)CCCCCCCCC.CCCCCCOCC(C[C@H]1CC[C@@H](O)[C@H](O)[C@H]1O)OCCCCCC.CCCCCCO[C@H]1CCC[C@@H](O)[C@@H]1O.CCCCCC[C@H]1C[C@@H](CO)[C@@H](O)[C@H](O)[C@H]1O.CCCC[C@H]1C[C@@H](CO)[C@@H](O)[C@H](O)[C@H]1O.CCC[C@@H]1CC[C@H](O)[C@H](O)[C@H]1O.CCC[C@H]1CC[C@H](O)[C@H](O)[C@H]1O. The average Bonchev–Trinajstić information content (AvgIpc) is 0.820. The first-order valence-electron chi connectivity index (χ1n) is 53.8. The normalized spacial score (nSPS) is 32.5. The van der Waals surface area contributed by atoms with Crippen molar-refractivity contribution in [1.82, 2.24) is 0 Å². The van der Waals surface area contributed by atoms with Crippen molar-refractivity contribution < 1.29 is 146 Å². The van der Waals surface area contributed by atoms with Crippen molar-refractivity contribution in [1.29, 1.82) is 0 Å². The number of aliphatic hydroxyl groups excluding tert-OH is 22. The molecule has 7 fully saturated rings. The van der Waals surface area contributed by atoms with E-state index in [0.717, 1.165) is 161 Å². The summed E-state index contributed by atoms with van der Waals surface area (Å²) in [5, 5.41) is 212. The molecule has 0 spiro atoms. The summed E-state index contributed by atoms with van der Waals surface area (Å²) in [6.45, 7) is 21.7. The molecule has 7 aliphatic rings. The highest BCUT2D eigenvalue weighted by atomic mass is 16.6. The summed E-state index contributed by atoms with van der Waals surface area (Å²) in [6, 6.07) is 0. The predicted octanol–water partition coefficient (Wildman–Crippen LogP) is 12.0. The van der Waals surface area contributed by atoms with Gasteiger partial charge < -0.3 is 136 Å². The molecule has 133 heavy (non-hydrogen) atoms. The smallest absolute Gasteiger partial charge is 0.306 e. The summed E-state index contributed by atoms with van der Waals surface area (Å²) in [7, 11) is 0. The van der Waals surface area contributed by atoms with Crippen LogP contribution in [0, 0.1) is 47.3 Å². The van der Waals surface area contributed by atoms with Gasteiger partial charge in [-0.1, -0.05) is 249 Å². The maximum Gasteiger partial charge on any atom is 0.306 e. The molecule has 0 aromatic rings. The lowest BCUT2D eigenvalue weighted by Gasteiger charge is -2.40. The van der Waals surface area contributed by atoms with E-state index in [-0.39, 0.29) is 91.3 Å². The Morgan fingerprint density at radius 2 is 0.586 bits per heavy atom. The minimum absolute atomic E-state index is 0.000463. The van der Waals surface area contributed by atoms with Crippen LogP contribution in [0.2, 0.25) is 0 Å². The topological polar surface area (TPSA) is 525 Å². The molecular formula is C104H204O29. The molecule has 22 N–H and O–H groups in total. The van der Waals surface area contributed by atoms with Gasteiger partial charge in [0.05, 0.1) is 98.2 Å². The van der Waals surface area contributed by atoms with Crippen LogP contribution in [-0.4, -0.2) is 311 Å². The van der Waals surface area contributed by atoms with Gasteiger partial charge in [0.2, 0.25) is 0 Å². The predicted molar refractivity (Wildman–Crippen MR) is 518 cm³/mol. The molecular weight excluding hydrogens is 1710 g/mol. The molecule has 29 heteroatoms. The fourth-order valence-corrected chi connectivity index (χ4v) is 19.6. The highest BCUT2D eigenvalue weighted by Gasteiger charge is 2.45. The first kappa shape index (κ1) is 129. The van der Waals surface area contributed by atoms with Crippen LogP contribution in [0.15, 0.2) is 0 Å². The van der Waals surface area contributed by atoms with Crippen LogP contribution in [0.25, 0.3) is 0 Å². The summed E-state index contributed by atoms with van der Waals surface area (Å²) in [5.41, 5.74) is 0. The summed E-state index contributed by atoms with van der Waals surface area (Å²) in [5.74, 6) is -1.24. The number of hydrogen-bond acceptors (Lipinski definition) is 29. The molecule has 0 aliphatic heterocycles. The molecule has 0 aromatic carbocycles. The third-order valence-electron chi connectivity index (χ3n) is 28.6. The fraction of sp³-hybridized carbons (Fsp3) is 0.981. The van der Waals surface area contributed by atoms with Gasteiger partial charge in [-0.3, -0.25) is 9.59 Å². The molecule has 2 unspecified atom stereocenters. The van der Waals surface area contributed by atoms with E-state index in [4.69, 9.17) is 33.9 Å². The van der Waals surface area contributed by atoms with Gasteiger partial charge in [-0.15, -0.1) is 0 Å². The third-order valence-corrected chi connectivity index (χ3v) is 28.6. The van der Waals surface area contributed by atoms with Gasteiger partial charge in [0.25, 0.3) is 0 Å². The van der Waals surface area contributed by atoms with E-state index in [1.165, 1.54) is 122 Å². The Morgan fingerprint density at radius 3 is 0.992 bits per heavy atom. The van der Waals surface area contributed by atoms with Crippen molar-refractivity contribution in [3.05, 3.63) is 0 Å². The number of aliphatic hydroxyl groups is 22. The van der Waals surface area contributed by atoms with Crippen molar-refractivity contribution in [2.45, 2.75) is 556 Å². The molecule has 7 aliphatic carbocycles. The van der Waals surface area contributed by atoms with Gasteiger partial charge in [-0.25, -0.2) is 0 Å². The Hall–Kier alpha value is -2.06. The average molecular weight is 1920 g/mol. The fourth-order valence-electron chi connectivity index (χ4n) is 19.6. The van der Waals surface area contributed by atoms with E-state index in [1.54, 1.807) is 0 Å². The maximum absolute atomic E-state index is 12.5. The zero-order valence-electron chi connectivity index (χ0n) is 84.4. The zero-order chi connectivity index (χ0) is 99.4. The molecule has 794 valence electrons. The van der Waals surface area contributed by atoms with Gasteiger partial charge in [-0.2, -0.15) is 0 Å². The number of carbonyl (C=O) groups is 2. The minimum atomic E-state index is -1.22. The van der Waals surface area contributed by atoms with Crippen LogP contribution < -0.4 is 0 Å². The second-order valence-electron chi connectivity index (χ2n) is 40.1. The molecule has 0 aromatic heterocycles. The third kappa shape index (κ3) is 54.8. The van der Waals surface area contributed by atoms with E-state index in [1.807, 2.05) is 0 Å².